The van der Waals surface area contributed by atoms with Crippen LogP contribution < -0.4 is 10.1 Å². The Balaban J connectivity index is 1.97. The van der Waals surface area contributed by atoms with Crippen molar-refractivity contribution in [2.75, 3.05) is 0 Å². The number of unbranched alkanes of at least 4 members (excludes halogenated alkanes) is 3. The van der Waals surface area contributed by atoms with Gasteiger partial charge in [0.2, 0.25) is 5.91 Å². The Morgan fingerprint density at radius 3 is 2.78 bits per heavy atom. The third-order valence-electron chi connectivity index (χ3n) is 3.36. The number of pyridine rings is 2. The van der Waals surface area contributed by atoms with Crippen LogP contribution in [0.1, 0.15) is 32.1 Å². The molecule has 2 aromatic rings. The SMILES string of the molecule is O=C(CCCCC/C=[N+](\c1cccnc1)c1ccccn1)NO. The number of hydrogen-bond acceptors (Lipinski definition) is 4. The first-order valence-corrected chi connectivity index (χ1v) is 7.68. The molecule has 1 amide bonds. The van der Waals surface area contributed by atoms with Gasteiger partial charge in [0, 0.05) is 25.1 Å². The van der Waals surface area contributed by atoms with Gasteiger partial charge in [0.1, 0.15) is 6.20 Å². The van der Waals surface area contributed by atoms with E-state index in [-0.39, 0.29) is 5.91 Å². The molecule has 23 heavy (non-hydrogen) atoms. The molecule has 0 spiro atoms. The van der Waals surface area contributed by atoms with Crippen molar-refractivity contribution < 1.29 is 10.0 Å². The van der Waals surface area contributed by atoms with Gasteiger partial charge in [-0.2, -0.15) is 4.58 Å². The van der Waals surface area contributed by atoms with Gasteiger partial charge < -0.3 is 0 Å². The molecule has 2 N–H and O–H groups in total. The van der Waals surface area contributed by atoms with Crippen molar-refractivity contribution in [1.82, 2.24) is 20.0 Å². The minimum atomic E-state index is -0.334. The standard InChI is InChI=1S/C17H20N4O2/c22-17(20-23)10-3-1-2-6-13-21(15-8-7-11-18-14-15)16-9-4-5-12-19-16/h4-5,7-9,11-14H,1-3,6,10H2,(H-,20,22,23)/p+1/b21-13+. The summed E-state index contributed by atoms with van der Waals surface area (Å²) in [5.41, 5.74) is 2.61. The third-order valence-corrected chi connectivity index (χ3v) is 3.36. The summed E-state index contributed by atoms with van der Waals surface area (Å²) in [5, 5.41) is 8.44. The minimum Gasteiger partial charge on any atom is -0.289 e. The number of rotatable bonds is 8. The average Bonchev–Trinajstić information content (AvgIpc) is 2.62. The fourth-order valence-electron chi connectivity index (χ4n) is 2.21. The largest absolute Gasteiger partial charge is 0.327 e. The number of nitrogens with zero attached hydrogens (tertiary/aromatic N) is 3. The van der Waals surface area contributed by atoms with E-state index >= 15 is 0 Å². The van der Waals surface area contributed by atoms with Crippen LogP contribution in [0.25, 0.3) is 0 Å². The highest BCUT2D eigenvalue weighted by molar-refractivity contribution is 5.74. The number of carbonyl (C=O) groups excluding carboxylic acids is 1. The lowest BCUT2D eigenvalue weighted by atomic mass is 10.1. The first-order chi connectivity index (χ1) is 11.3. The van der Waals surface area contributed by atoms with E-state index in [4.69, 9.17) is 5.21 Å². The molecule has 6 nitrogen and oxygen atoms in total. The zero-order chi connectivity index (χ0) is 16.3. The lowest BCUT2D eigenvalue weighted by molar-refractivity contribution is -0.129. The Kier molecular flexibility index (Phi) is 6.87. The normalized spacial score (nSPS) is 11.3. The Hall–Kier alpha value is -2.60. The van der Waals surface area contributed by atoms with E-state index in [2.05, 4.69) is 16.2 Å². The molecule has 0 atom stereocenters. The molecule has 0 unspecified atom stereocenters. The maximum Gasteiger partial charge on any atom is 0.327 e. The molecule has 0 radical (unpaired) electrons. The molecule has 0 saturated heterocycles. The summed E-state index contributed by atoms with van der Waals surface area (Å²) in [5.74, 6) is 0.514. The summed E-state index contributed by atoms with van der Waals surface area (Å²) < 4.78 is 2.02. The Morgan fingerprint density at radius 1 is 1.17 bits per heavy atom. The number of hydrogen-bond donors (Lipinski definition) is 2. The highest BCUT2D eigenvalue weighted by Crippen LogP contribution is 2.16. The van der Waals surface area contributed by atoms with Crippen LogP contribution in [0.5, 0.6) is 0 Å². The second kappa shape index (κ2) is 9.42. The zero-order valence-electron chi connectivity index (χ0n) is 12.9. The van der Waals surface area contributed by atoms with Crippen LogP contribution in [0.2, 0.25) is 0 Å². The fraction of sp³-hybridized carbons (Fsp3) is 0.294. The molecule has 0 aromatic carbocycles. The van der Waals surface area contributed by atoms with Gasteiger partial charge in [0.25, 0.3) is 0 Å². The Labute approximate surface area is 135 Å². The lowest BCUT2D eigenvalue weighted by Gasteiger charge is -2.03. The molecule has 0 aliphatic rings. The van der Waals surface area contributed by atoms with Gasteiger partial charge in [-0.1, -0.05) is 12.5 Å². The molecule has 0 fully saturated rings. The monoisotopic (exact) mass is 313 g/mol. The summed E-state index contributed by atoms with van der Waals surface area (Å²) >= 11 is 0. The van der Waals surface area contributed by atoms with E-state index in [1.165, 1.54) is 0 Å². The quantitative estimate of drug-likeness (QED) is 0.258. The molecule has 2 rings (SSSR count). The lowest BCUT2D eigenvalue weighted by Crippen LogP contribution is -2.17. The third kappa shape index (κ3) is 5.60. The maximum atomic E-state index is 10.9. The van der Waals surface area contributed by atoms with Gasteiger partial charge in [-0.3, -0.25) is 15.0 Å². The highest BCUT2D eigenvalue weighted by Gasteiger charge is 2.11. The second-order valence-electron chi connectivity index (χ2n) is 5.09. The van der Waals surface area contributed by atoms with E-state index < -0.39 is 0 Å². The molecule has 0 saturated carbocycles. The van der Waals surface area contributed by atoms with E-state index in [1.807, 2.05) is 34.9 Å². The summed E-state index contributed by atoms with van der Waals surface area (Å²) in [6.45, 7) is 0. The first-order valence-electron chi connectivity index (χ1n) is 7.68. The average molecular weight is 313 g/mol. The highest BCUT2D eigenvalue weighted by atomic mass is 16.5. The van der Waals surface area contributed by atoms with Crippen molar-refractivity contribution in [2.45, 2.75) is 32.1 Å². The molecule has 120 valence electrons. The molecular formula is C17H21N4O2+. The summed E-state index contributed by atoms with van der Waals surface area (Å²) in [7, 11) is 0. The predicted molar refractivity (Wildman–Crippen MR) is 89.0 cm³/mol. The van der Waals surface area contributed by atoms with Gasteiger partial charge in [0.05, 0.1) is 12.4 Å². The molecule has 0 bridgehead atoms. The van der Waals surface area contributed by atoms with Gasteiger partial charge in [-0.05, 0) is 36.0 Å². The number of amides is 1. The van der Waals surface area contributed by atoms with Gasteiger partial charge >= 0.3 is 5.82 Å². The van der Waals surface area contributed by atoms with Crippen molar-refractivity contribution in [1.29, 1.82) is 0 Å². The smallest absolute Gasteiger partial charge is 0.289 e. The predicted octanol–water partition coefficient (Wildman–Crippen LogP) is 2.84. The molecule has 0 aliphatic carbocycles. The van der Waals surface area contributed by atoms with Crippen LogP contribution in [0.15, 0.2) is 48.9 Å². The fourth-order valence-corrected chi connectivity index (χ4v) is 2.21. The maximum absolute atomic E-state index is 10.9. The number of nitrogens with one attached hydrogen (secondary N) is 1. The van der Waals surface area contributed by atoms with Crippen LogP contribution in [-0.2, 0) is 4.79 Å². The van der Waals surface area contributed by atoms with Crippen molar-refractivity contribution in [3.05, 3.63) is 48.9 Å². The summed E-state index contributed by atoms with van der Waals surface area (Å²) in [6.07, 6.45) is 11.3. The first kappa shape index (κ1) is 16.8. The Morgan fingerprint density at radius 2 is 2.09 bits per heavy atom. The molecule has 2 heterocycles. The number of hydroxylamine groups is 1. The topological polar surface area (TPSA) is 78.1 Å². The van der Waals surface area contributed by atoms with E-state index in [9.17, 15) is 4.79 Å². The molecular weight excluding hydrogens is 292 g/mol. The molecule has 2 aromatic heterocycles. The molecule has 6 heteroatoms. The summed E-state index contributed by atoms with van der Waals surface area (Å²) in [4.78, 5) is 19.5. The van der Waals surface area contributed by atoms with Gasteiger partial charge in [0.15, 0.2) is 5.69 Å². The van der Waals surface area contributed by atoms with Gasteiger partial charge in [-0.15, -0.1) is 0 Å². The van der Waals surface area contributed by atoms with Crippen molar-refractivity contribution in [3.63, 3.8) is 0 Å². The summed E-state index contributed by atoms with van der Waals surface area (Å²) in [6, 6.07) is 9.68. The second-order valence-corrected chi connectivity index (χ2v) is 5.09. The van der Waals surface area contributed by atoms with E-state index in [1.54, 1.807) is 24.1 Å². The van der Waals surface area contributed by atoms with Crippen LogP contribution in [-0.4, -0.2) is 27.3 Å². The van der Waals surface area contributed by atoms with E-state index in [0.717, 1.165) is 37.2 Å². The van der Waals surface area contributed by atoms with Crippen LogP contribution in [0.3, 0.4) is 0 Å². The van der Waals surface area contributed by atoms with Crippen molar-refractivity contribution in [3.8, 4) is 0 Å². The van der Waals surface area contributed by atoms with E-state index in [0.29, 0.717) is 6.42 Å². The number of aromatic nitrogens is 2. The molecule has 0 aliphatic heterocycles. The zero-order valence-corrected chi connectivity index (χ0v) is 12.9. The Bertz CT molecular complexity index is 588. The van der Waals surface area contributed by atoms with Crippen LogP contribution in [0.4, 0.5) is 11.5 Å². The minimum absolute atomic E-state index is 0.334. The van der Waals surface area contributed by atoms with Crippen molar-refractivity contribution in [2.24, 2.45) is 0 Å². The van der Waals surface area contributed by atoms with Crippen LogP contribution >= 0.6 is 0 Å². The van der Waals surface area contributed by atoms with Gasteiger partial charge in [-0.25, -0.2) is 5.48 Å². The van der Waals surface area contributed by atoms with Crippen molar-refractivity contribution >= 4 is 23.6 Å². The number of carbonyl (C=O) groups is 1. The van der Waals surface area contributed by atoms with Crippen LogP contribution in [0, 0.1) is 0 Å².